The largest absolute Gasteiger partial charge is 0.297 e. The Balaban J connectivity index is 1.71. The average molecular weight is 465 g/mol. The number of anilines is 1. The summed E-state index contributed by atoms with van der Waals surface area (Å²) in [5.41, 5.74) is 2.82. The van der Waals surface area contributed by atoms with E-state index in [1.54, 1.807) is 23.6 Å². The molecule has 0 radical (unpaired) electrons. The van der Waals surface area contributed by atoms with Crippen LogP contribution in [0.15, 0.2) is 53.9 Å². The van der Waals surface area contributed by atoms with Crippen LogP contribution in [0, 0.1) is 25.6 Å². The molecule has 160 valence electrons. The van der Waals surface area contributed by atoms with Gasteiger partial charge in [-0.3, -0.25) is 19.3 Å². The van der Waals surface area contributed by atoms with Crippen molar-refractivity contribution in [1.29, 1.82) is 0 Å². The van der Waals surface area contributed by atoms with Crippen molar-refractivity contribution in [2.45, 2.75) is 19.9 Å². The number of aryl methyl sites for hydroxylation is 2. The minimum Gasteiger partial charge on any atom is -0.292 e. The second-order valence-electron chi connectivity index (χ2n) is 7.75. The Morgan fingerprint density at radius 1 is 1.09 bits per heavy atom. The van der Waals surface area contributed by atoms with Gasteiger partial charge in [-0.15, -0.1) is 11.3 Å². The fourth-order valence-corrected chi connectivity index (χ4v) is 6.09. The standard InChI is InChI=1S/C24H17FN2O3S2/c1-12-10-13(2)19-17(11-12)32-24(26-19)27-20(14-6-3-4-7-15(14)25)18(22(29)23(27)30)21(28)16-8-5-9-31-16/h3-11,18,20H,1-2H3. The molecule has 1 aliphatic heterocycles. The third-order valence-corrected chi connectivity index (χ3v) is 7.49. The van der Waals surface area contributed by atoms with Crippen molar-refractivity contribution in [3.63, 3.8) is 0 Å². The maximum Gasteiger partial charge on any atom is 0.297 e. The van der Waals surface area contributed by atoms with Gasteiger partial charge in [0.05, 0.1) is 21.1 Å². The molecule has 2 unspecified atom stereocenters. The number of thiazole rings is 1. The lowest BCUT2D eigenvalue weighted by Gasteiger charge is -2.25. The summed E-state index contributed by atoms with van der Waals surface area (Å²) in [5, 5.41) is 2.00. The Kier molecular flexibility index (Phi) is 4.98. The van der Waals surface area contributed by atoms with E-state index in [9.17, 15) is 18.8 Å². The molecule has 2 atom stereocenters. The molecule has 0 aliphatic carbocycles. The zero-order chi connectivity index (χ0) is 22.6. The first-order valence-electron chi connectivity index (χ1n) is 9.94. The Labute approximate surface area is 191 Å². The fourth-order valence-electron chi connectivity index (χ4n) is 4.21. The van der Waals surface area contributed by atoms with E-state index in [4.69, 9.17) is 0 Å². The first-order chi connectivity index (χ1) is 15.4. The van der Waals surface area contributed by atoms with Crippen molar-refractivity contribution in [2.75, 3.05) is 4.90 Å². The smallest absolute Gasteiger partial charge is 0.292 e. The number of carbonyl (C=O) groups is 3. The Hall–Kier alpha value is -3.23. The molecule has 3 heterocycles. The van der Waals surface area contributed by atoms with Crippen LogP contribution in [0.5, 0.6) is 0 Å². The second-order valence-corrected chi connectivity index (χ2v) is 9.71. The van der Waals surface area contributed by atoms with E-state index in [-0.39, 0.29) is 10.7 Å². The van der Waals surface area contributed by atoms with Gasteiger partial charge in [0.15, 0.2) is 10.9 Å². The summed E-state index contributed by atoms with van der Waals surface area (Å²) in [6.45, 7) is 3.89. The third-order valence-electron chi connectivity index (χ3n) is 5.60. The molecular formula is C24H17FN2O3S2. The molecule has 1 saturated heterocycles. The van der Waals surface area contributed by atoms with Crippen molar-refractivity contribution in [3.8, 4) is 0 Å². The number of Topliss-reactive ketones (excluding diaryl/α,β-unsaturated/α-hetero) is 2. The van der Waals surface area contributed by atoms with E-state index in [1.165, 1.54) is 45.8 Å². The minimum atomic E-state index is -1.34. The van der Waals surface area contributed by atoms with E-state index < -0.39 is 35.3 Å². The lowest BCUT2D eigenvalue weighted by Crippen LogP contribution is -2.31. The first kappa shape index (κ1) is 20.7. The summed E-state index contributed by atoms with van der Waals surface area (Å²) in [6.07, 6.45) is 0. The van der Waals surface area contributed by atoms with E-state index in [2.05, 4.69) is 4.98 Å². The summed E-state index contributed by atoms with van der Waals surface area (Å²) in [6, 6.07) is 12.1. The molecule has 5 nitrogen and oxygen atoms in total. The molecule has 0 bridgehead atoms. The van der Waals surface area contributed by atoms with E-state index in [0.29, 0.717) is 4.88 Å². The maximum atomic E-state index is 14.9. The molecular weight excluding hydrogens is 447 g/mol. The number of hydrogen-bond donors (Lipinski definition) is 0. The molecule has 1 amide bonds. The van der Waals surface area contributed by atoms with Crippen molar-refractivity contribution in [1.82, 2.24) is 4.98 Å². The molecule has 1 fully saturated rings. The molecule has 5 rings (SSSR count). The quantitative estimate of drug-likeness (QED) is 0.234. The van der Waals surface area contributed by atoms with Crippen molar-refractivity contribution in [2.24, 2.45) is 5.92 Å². The van der Waals surface area contributed by atoms with E-state index in [1.807, 2.05) is 26.0 Å². The summed E-state index contributed by atoms with van der Waals surface area (Å²) >= 11 is 2.44. The number of thiophene rings is 1. The number of hydrogen-bond acceptors (Lipinski definition) is 6. The number of halogens is 1. The normalized spacial score (nSPS) is 18.7. The highest BCUT2D eigenvalue weighted by atomic mass is 32.1. The van der Waals surface area contributed by atoms with Gasteiger partial charge >= 0.3 is 0 Å². The van der Waals surface area contributed by atoms with Gasteiger partial charge in [0.25, 0.3) is 5.91 Å². The Morgan fingerprint density at radius 2 is 1.88 bits per heavy atom. The SMILES string of the molecule is Cc1cc(C)c2nc(N3C(=O)C(=O)C(C(=O)c4cccs4)C3c3ccccc3F)sc2c1. The third kappa shape index (κ3) is 3.18. The predicted octanol–water partition coefficient (Wildman–Crippen LogP) is 5.27. The average Bonchev–Trinajstić information content (AvgIpc) is 3.47. The Bertz CT molecular complexity index is 1390. The van der Waals surface area contributed by atoms with Gasteiger partial charge in [-0.05, 0) is 48.6 Å². The van der Waals surface area contributed by atoms with Crippen molar-refractivity contribution >= 4 is 55.5 Å². The number of fused-ring (bicyclic) bond motifs is 1. The minimum absolute atomic E-state index is 0.119. The number of aromatic nitrogens is 1. The second kappa shape index (κ2) is 7.72. The lowest BCUT2D eigenvalue weighted by atomic mass is 9.88. The summed E-state index contributed by atoms with van der Waals surface area (Å²) in [4.78, 5) is 45.8. The number of benzene rings is 2. The van der Waals surface area contributed by atoms with Gasteiger partial charge in [0.1, 0.15) is 11.7 Å². The van der Waals surface area contributed by atoms with Crippen LogP contribution < -0.4 is 4.90 Å². The molecule has 0 saturated carbocycles. The van der Waals surface area contributed by atoms with Crippen LogP contribution in [0.2, 0.25) is 0 Å². The van der Waals surface area contributed by atoms with Crippen molar-refractivity contribution < 1.29 is 18.8 Å². The molecule has 32 heavy (non-hydrogen) atoms. The molecule has 0 N–H and O–H groups in total. The number of amides is 1. The van der Waals surface area contributed by atoms with Crippen LogP contribution in [0.4, 0.5) is 9.52 Å². The summed E-state index contributed by atoms with van der Waals surface area (Å²) in [7, 11) is 0. The molecule has 1 aliphatic rings. The zero-order valence-corrected chi connectivity index (χ0v) is 18.8. The van der Waals surface area contributed by atoms with Gasteiger partial charge in [0, 0.05) is 5.56 Å². The molecule has 2 aromatic carbocycles. The number of rotatable bonds is 4. The van der Waals surface area contributed by atoms with E-state index in [0.717, 1.165) is 21.3 Å². The number of ketones is 2. The topological polar surface area (TPSA) is 67.3 Å². The highest BCUT2D eigenvalue weighted by Crippen LogP contribution is 2.44. The van der Waals surface area contributed by atoms with Gasteiger partial charge in [-0.1, -0.05) is 41.7 Å². The van der Waals surface area contributed by atoms with Gasteiger partial charge < -0.3 is 0 Å². The highest BCUT2D eigenvalue weighted by Gasteiger charge is 2.54. The fraction of sp³-hybridized carbons (Fsp3) is 0.167. The first-order valence-corrected chi connectivity index (χ1v) is 11.6. The number of carbonyl (C=O) groups excluding carboxylic acids is 3. The van der Waals surface area contributed by atoms with Crippen LogP contribution in [0.25, 0.3) is 10.2 Å². The molecule has 8 heteroatoms. The van der Waals surface area contributed by atoms with Crippen LogP contribution in [-0.2, 0) is 9.59 Å². The van der Waals surface area contributed by atoms with Crippen LogP contribution in [-0.4, -0.2) is 22.5 Å². The van der Waals surface area contributed by atoms with E-state index >= 15 is 0 Å². The van der Waals surface area contributed by atoms with Gasteiger partial charge in [0.2, 0.25) is 5.78 Å². The van der Waals surface area contributed by atoms with Gasteiger partial charge in [-0.2, -0.15) is 0 Å². The van der Waals surface area contributed by atoms with Crippen molar-refractivity contribution in [3.05, 3.63) is 81.3 Å². The lowest BCUT2D eigenvalue weighted by molar-refractivity contribution is -0.135. The van der Waals surface area contributed by atoms with Crippen LogP contribution in [0.1, 0.15) is 32.4 Å². The molecule has 0 spiro atoms. The number of nitrogens with zero attached hydrogens (tertiary/aromatic N) is 2. The molecule has 2 aromatic heterocycles. The Morgan fingerprint density at radius 3 is 2.59 bits per heavy atom. The zero-order valence-electron chi connectivity index (χ0n) is 17.2. The predicted molar refractivity (Wildman–Crippen MR) is 123 cm³/mol. The summed E-state index contributed by atoms with van der Waals surface area (Å²) < 4.78 is 15.8. The molecule has 4 aromatic rings. The monoisotopic (exact) mass is 464 g/mol. The maximum absolute atomic E-state index is 14.9. The van der Waals surface area contributed by atoms with Crippen LogP contribution >= 0.6 is 22.7 Å². The van der Waals surface area contributed by atoms with Gasteiger partial charge in [-0.25, -0.2) is 9.37 Å². The summed E-state index contributed by atoms with van der Waals surface area (Å²) in [5.74, 6) is -4.09. The van der Waals surface area contributed by atoms with Crippen LogP contribution in [0.3, 0.4) is 0 Å². The highest BCUT2D eigenvalue weighted by molar-refractivity contribution is 7.22.